The summed E-state index contributed by atoms with van der Waals surface area (Å²) < 4.78 is 6.02. The van der Waals surface area contributed by atoms with E-state index in [-0.39, 0.29) is 0 Å². The molecular formula is C22H28ClNO2. The maximum Gasteiger partial charge on any atom is 0.133 e. The number of benzene rings is 2. The summed E-state index contributed by atoms with van der Waals surface area (Å²) in [5, 5.41) is 11.8. The summed E-state index contributed by atoms with van der Waals surface area (Å²) in [6.45, 7) is 7.34. The monoisotopic (exact) mass is 373 g/mol. The zero-order valence-corrected chi connectivity index (χ0v) is 16.4. The molecule has 0 bridgehead atoms. The van der Waals surface area contributed by atoms with Crippen LogP contribution < -0.4 is 4.74 Å². The van der Waals surface area contributed by atoms with Crippen LogP contribution in [0.15, 0.2) is 48.5 Å². The molecule has 0 saturated carbocycles. The van der Waals surface area contributed by atoms with E-state index in [0.29, 0.717) is 22.9 Å². The van der Waals surface area contributed by atoms with E-state index in [1.54, 1.807) is 12.1 Å². The maximum atomic E-state index is 11.1. The number of hydrogen-bond donors (Lipinski definition) is 1. The van der Waals surface area contributed by atoms with E-state index in [0.717, 1.165) is 31.1 Å². The number of nitrogens with zero attached hydrogens (tertiary/aromatic N) is 1. The first kappa shape index (κ1) is 19.2. The molecule has 3 rings (SSSR count). The van der Waals surface area contributed by atoms with Gasteiger partial charge in [-0.3, -0.25) is 0 Å². The predicted molar refractivity (Wildman–Crippen MR) is 107 cm³/mol. The van der Waals surface area contributed by atoms with E-state index in [4.69, 9.17) is 16.3 Å². The molecule has 4 heteroatoms. The van der Waals surface area contributed by atoms with Gasteiger partial charge in [-0.1, -0.05) is 36.7 Å². The maximum absolute atomic E-state index is 11.1. The topological polar surface area (TPSA) is 32.7 Å². The summed E-state index contributed by atoms with van der Waals surface area (Å²) in [6.07, 6.45) is 3.18. The quantitative estimate of drug-likeness (QED) is 0.729. The fourth-order valence-electron chi connectivity index (χ4n) is 3.43. The highest BCUT2D eigenvalue weighted by molar-refractivity contribution is 6.30. The number of piperidine rings is 1. The largest absolute Gasteiger partial charge is 0.457 e. The van der Waals surface area contributed by atoms with Crippen LogP contribution in [0.25, 0.3) is 0 Å². The molecule has 1 N–H and O–H groups in total. The molecule has 1 aliphatic rings. The number of ether oxygens (including phenoxy) is 1. The van der Waals surface area contributed by atoms with Gasteiger partial charge in [0.1, 0.15) is 11.5 Å². The number of rotatable bonds is 6. The van der Waals surface area contributed by atoms with Gasteiger partial charge in [-0.25, -0.2) is 0 Å². The molecule has 26 heavy (non-hydrogen) atoms. The first-order valence-corrected chi connectivity index (χ1v) is 9.79. The van der Waals surface area contributed by atoms with E-state index in [2.05, 4.69) is 11.8 Å². The van der Waals surface area contributed by atoms with Crippen LogP contribution in [0.2, 0.25) is 5.02 Å². The highest BCUT2D eigenvalue weighted by Crippen LogP contribution is 2.35. The Kier molecular flexibility index (Phi) is 6.23. The second-order valence-corrected chi connectivity index (χ2v) is 8.04. The summed E-state index contributed by atoms with van der Waals surface area (Å²) in [5.41, 5.74) is -0.119. The van der Waals surface area contributed by atoms with Crippen molar-refractivity contribution in [1.82, 2.24) is 4.90 Å². The van der Waals surface area contributed by atoms with Crippen LogP contribution in [0.3, 0.4) is 0 Å². The van der Waals surface area contributed by atoms with Gasteiger partial charge < -0.3 is 14.7 Å². The summed E-state index contributed by atoms with van der Waals surface area (Å²) in [7, 11) is 0. The molecule has 1 saturated heterocycles. The van der Waals surface area contributed by atoms with Gasteiger partial charge in [-0.2, -0.15) is 0 Å². The number of likely N-dealkylation sites (tertiary alicyclic amines) is 1. The molecule has 1 unspecified atom stereocenters. The highest BCUT2D eigenvalue weighted by atomic mass is 35.5. The Bertz CT molecular complexity index is 706. The normalized spacial score (nSPS) is 18.5. The third-order valence-corrected chi connectivity index (χ3v) is 5.55. The molecular weight excluding hydrogens is 346 g/mol. The molecule has 3 nitrogen and oxygen atoms in total. The first-order chi connectivity index (χ1) is 12.4. The van der Waals surface area contributed by atoms with Crippen LogP contribution in [0.5, 0.6) is 11.5 Å². The van der Waals surface area contributed by atoms with Crippen LogP contribution in [0.4, 0.5) is 0 Å². The second-order valence-electron chi connectivity index (χ2n) is 7.60. The third-order valence-electron chi connectivity index (χ3n) is 5.30. The van der Waals surface area contributed by atoms with Crippen molar-refractivity contribution in [3.63, 3.8) is 0 Å². The van der Waals surface area contributed by atoms with Crippen LogP contribution >= 0.6 is 11.6 Å². The Balaban J connectivity index is 1.69. The summed E-state index contributed by atoms with van der Waals surface area (Å²) >= 11 is 5.94. The number of para-hydroxylation sites is 1. The number of aliphatic hydroxyl groups is 1. The van der Waals surface area contributed by atoms with Crippen molar-refractivity contribution in [1.29, 1.82) is 0 Å². The molecule has 0 radical (unpaired) electrons. The fraction of sp³-hybridized carbons (Fsp3) is 0.455. The molecule has 2 aromatic rings. The van der Waals surface area contributed by atoms with Crippen molar-refractivity contribution < 1.29 is 9.84 Å². The zero-order valence-electron chi connectivity index (χ0n) is 15.6. The van der Waals surface area contributed by atoms with E-state index >= 15 is 0 Å². The van der Waals surface area contributed by atoms with Crippen LogP contribution in [-0.2, 0) is 5.60 Å². The Morgan fingerprint density at radius 3 is 2.46 bits per heavy atom. The van der Waals surface area contributed by atoms with Crippen molar-refractivity contribution in [2.24, 2.45) is 5.92 Å². The summed E-state index contributed by atoms with van der Waals surface area (Å²) in [4.78, 5) is 2.46. The predicted octanol–water partition coefficient (Wildman–Crippen LogP) is 5.46. The standard InChI is InChI=1S/C22H28ClNO2/c1-17-11-14-24(15-12-17)16-13-22(2,25)20-5-3-4-6-21(20)26-19-9-7-18(23)8-10-19/h3-10,17,25H,11-16H2,1-2H3. The van der Waals surface area contributed by atoms with Gasteiger partial charge in [-0.15, -0.1) is 0 Å². The smallest absolute Gasteiger partial charge is 0.133 e. The zero-order chi connectivity index (χ0) is 18.6. The van der Waals surface area contributed by atoms with Crippen molar-refractivity contribution in [2.75, 3.05) is 19.6 Å². The lowest BCUT2D eigenvalue weighted by Crippen LogP contribution is -2.36. The summed E-state index contributed by atoms with van der Waals surface area (Å²) in [5.74, 6) is 2.22. The average Bonchev–Trinajstić information content (AvgIpc) is 2.64. The van der Waals surface area contributed by atoms with Crippen molar-refractivity contribution in [2.45, 2.75) is 38.7 Å². The lowest BCUT2D eigenvalue weighted by molar-refractivity contribution is 0.0303. The minimum atomic E-state index is -0.938. The second kappa shape index (κ2) is 8.43. The molecule has 2 aromatic carbocycles. The highest BCUT2D eigenvalue weighted by Gasteiger charge is 2.28. The Morgan fingerprint density at radius 1 is 1.12 bits per heavy atom. The fourth-order valence-corrected chi connectivity index (χ4v) is 3.55. The van der Waals surface area contributed by atoms with Crippen LogP contribution in [0, 0.1) is 5.92 Å². The van der Waals surface area contributed by atoms with Gasteiger partial charge >= 0.3 is 0 Å². The average molecular weight is 374 g/mol. The van der Waals surface area contributed by atoms with Gasteiger partial charge in [0, 0.05) is 17.1 Å². The van der Waals surface area contributed by atoms with Crippen molar-refractivity contribution >= 4 is 11.6 Å². The van der Waals surface area contributed by atoms with Crippen LogP contribution in [-0.4, -0.2) is 29.6 Å². The van der Waals surface area contributed by atoms with Crippen molar-refractivity contribution in [3.8, 4) is 11.5 Å². The molecule has 140 valence electrons. The third kappa shape index (κ3) is 5.00. The van der Waals surface area contributed by atoms with E-state index in [9.17, 15) is 5.11 Å². The molecule has 0 amide bonds. The molecule has 0 aromatic heterocycles. The number of halogens is 1. The molecule has 0 spiro atoms. The lowest BCUT2D eigenvalue weighted by atomic mass is 9.90. The Labute approximate surface area is 161 Å². The number of hydrogen-bond acceptors (Lipinski definition) is 3. The van der Waals surface area contributed by atoms with Gasteiger partial charge in [-0.05, 0) is 75.5 Å². The minimum Gasteiger partial charge on any atom is -0.457 e. The molecule has 1 atom stereocenters. The van der Waals surface area contributed by atoms with Crippen molar-refractivity contribution in [3.05, 3.63) is 59.1 Å². The van der Waals surface area contributed by atoms with E-state index in [1.165, 1.54) is 12.8 Å². The minimum absolute atomic E-state index is 0.675. The Morgan fingerprint density at radius 2 is 1.77 bits per heavy atom. The lowest BCUT2D eigenvalue weighted by Gasteiger charge is -2.33. The first-order valence-electron chi connectivity index (χ1n) is 9.42. The molecule has 1 heterocycles. The molecule has 0 aliphatic carbocycles. The van der Waals surface area contributed by atoms with Gasteiger partial charge in [0.2, 0.25) is 0 Å². The molecule has 1 fully saturated rings. The summed E-state index contributed by atoms with van der Waals surface area (Å²) in [6, 6.07) is 15.0. The van der Waals surface area contributed by atoms with Crippen LogP contribution in [0.1, 0.15) is 38.7 Å². The SMILES string of the molecule is CC1CCN(CCC(C)(O)c2ccccc2Oc2ccc(Cl)cc2)CC1. The van der Waals surface area contributed by atoms with E-state index < -0.39 is 5.60 Å². The van der Waals surface area contributed by atoms with Gasteiger partial charge in [0.15, 0.2) is 0 Å². The molecule has 1 aliphatic heterocycles. The van der Waals surface area contributed by atoms with Gasteiger partial charge in [0.25, 0.3) is 0 Å². The van der Waals surface area contributed by atoms with E-state index in [1.807, 2.05) is 43.3 Å². The van der Waals surface area contributed by atoms with Gasteiger partial charge in [0.05, 0.1) is 5.60 Å². The Hall–Kier alpha value is -1.55.